The molecule has 110 valence electrons. The molecule has 3 aromatic rings. The van der Waals surface area contributed by atoms with Crippen LogP contribution < -0.4 is 0 Å². The Kier molecular flexibility index (Phi) is 3.79. The zero-order valence-corrected chi connectivity index (χ0v) is 12.6. The number of nitrogens with zero attached hydrogens (tertiary/aromatic N) is 2. The van der Waals surface area contributed by atoms with E-state index in [1.54, 1.807) is 12.1 Å². The summed E-state index contributed by atoms with van der Waals surface area (Å²) < 4.78 is 1.01. The molecule has 0 fully saturated rings. The van der Waals surface area contributed by atoms with Crippen LogP contribution in [0.15, 0.2) is 42.5 Å². The average molecular weight is 333 g/mol. The summed E-state index contributed by atoms with van der Waals surface area (Å²) >= 11 is 7.70. The quantitative estimate of drug-likeness (QED) is 0.559. The van der Waals surface area contributed by atoms with Crippen LogP contribution in [-0.4, -0.2) is 15.0 Å². The van der Waals surface area contributed by atoms with Gasteiger partial charge in [-0.3, -0.25) is 10.1 Å². The molecular weight excluding hydrogens is 324 g/mol. The molecule has 0 unspecified atom stereocenters. The topological polar surface area (TPSA) is 76.3 Å². The van der Waals surface area contributed by atoms with Crippen molar-refractivity contribution < 1.29 is 10.0 Å². The number of halogens is 1. The molecule has 1 heterocycles. The predicted octanol–water partition coefficient (Wildman–Crippen LogP) is 4.65. The number of hydrogen-bond acceptors (Lipinski definition) is 5. The third-order valence-corrected chi connectivity index (χ3v) is 4.46. The van der Waals surface area contributed by atoms with E-state index in [0.717, 1.165) is 10.2 Å². The standard InChI is InChI=1S/C15H9ClN2O3S/c16-10(15-17-11-3-1-2-4-14(11)22-15)7-9-5-6-13(19)12(8-9)18(20)21/h1-8,19H/b10-7-. The minimum atomic E-state index is -0.641. The van der Waals surface area contributed by atoms with Gasteiger partial charge in [0, 0.05) is 6.07 Å². The van der Waals surface area contributed by atoms with E-state index in [1.165, 1.54) is 23.5 Å². The van der Waals surface area contributed by atoms with E-state index >= 15 is 0 Å². The Bertz CT molecular complexity index is 872. The van der Waals surface area contributed by atoms with Gasteiger partial charge < -0.3 is 5.11 Å². The van der Waals surface area contributed by atoms with Crippen molar-refractivity contribution in [3.63, 3.8) is 0 Å². The molecule has 7 heteroatoms. The molecule has 0 saturated heterocycles. The monoisotopic (exact) mass is 332 g/mol. The van der Waals surface area contributed by atoms with Crippen LogP contribution in [0.4, 0.5) is 5.69 Å². The second-order valence-corrected chi connectivity index (χ2v) is 5.92. The first-order valence-corrected chi connectivity index (χ1v) is 7.44. The highest BCUT2D eigenvalue weighted by Gasteiger charge is 2.13. The van der Waals surface area contributed by atoms with Gasteiger partial charge >= 0.3 is 5.69 Å². The maximum absolute atomic E-state index is 10.8. The number of phenols is 1. The summed E-state index contributed by atoms with van der Waals surface area (Å²) in [4.78, 5) is 14.6. The van der Waals surface area contributed by atoms with Crippen molar-refractivity contribution in [3.05, 3.63) is 63.1 Å². The minimum Gasteiger partial charge on any atom is -0.502 e. The molecule has 5 nitrogen and oxygen atoms in total. The molecule has 0 radical (unpaired) electrons. The predicted molar refractivity (Wildman–Crippen MR) is 88.1 cm³/mol. The molecule has 0 aliphatic heterocycles. The number of fused-ring (bicyclic) bond motifs is 1. The Morgan fingerprint density at radius 2 is 2.09 bits per heavy atom. The molecule has 2 aromatic carbocycles. The molecule has 0 saturated carbocycles. The van der Waals surface area contributed by atoms with Crippen molar-refractivity contribution >= 4 is 50.0 Å². The fourth-order valence-corrected chi connectivity index (χ4v) is 3.12. The van der Waals surface area contributed by atoms with Crippen LogP contribution >= 0.6 is 22.9 Å². The first-order chi connectivity index (χ1) is 10.5. The molecule has 1 aromatic heterocycles. The van der Waals surface area contributed by atoms with Gasteiger partial charge in [0.25, 0.3) is 0 Å². The number of aromatic nitrogens is 1. The Morgan fingerprint density at radius 1 is 1.32 bits per heavy atom. The summed E-state index contributed by atoms with van der Waals surface area (Å²) in [6.45, 7) is 0. The van der Waals surface area contributed by atoms with E-state index in [4.69, 9.17) is 11.6 Å². The Labute approximate surface area is 134 Å². The Morgan fingerprint density at radius 3 is 2.82 bits per heavy atom. The fraction of sp³-hybridized carbons (Fsp3) is 0. The number of phenolic OH excluding ortho intramolecular Hbond substituents is 1. The van der Waals surface area contributed by atoms with Crippen LogP contribution in [0, 0.1) is 10.1 Å². The van der Waals surface area contributed by atoms with Gasteiger partial charge in [0.1, 0.15) is 5.01 Å². The average Bonchev–Trinajstić information content (AvgIpc) is 2.93. The van der Waals surface area contributed by atoms with Crippen LogP contribution in [-0.2, 0) is 0 Å². The fourth-order valence-electron chi connectivity index (χ4n) is 1.96. The summed E-state index contributed by atoms with van der Waals surface area (Å²) in [5.41, 5.74) is 1.02. The second kappa shape index (κ2) is 5.75. The number of rotatable bonds is 3. The minimum absolute atomic E-state index is 0.359. The van der Waals surface area contributed by atoms with Crippen LogP contribution in [0.3, 0.4) is 0 Å². The summed E-state index contributed by atoms with van der Waals surface area (Å²) in [5, 5.41) is 21.3. The lowest BCUT2D eigenvalue weighted by Gasteiger charge is -1.98. The number of thiazole rings is 1. The third kappa shape index (κ3) is 2.79. The van der Waals surface area contributed by atoms with Gasteiger partial charge in [-0.15, -0.1) is 11.3 Å². The smallest absolute Gasteiger partial charge is 0.311 e. The molecule has 0 aliphatic rings. The lowest BCUT2D eigenvalue weighted by Crippen LogP contribution is -1.89. The number of hydrogen-bond donors (Lipinski definition) is 1. The van der Waals surface area contributed by atoms with E-state index in [-0.39, 0.29) is 11.4 Å². The number of aromatic hydroxyl groups is 1. The highest BCUT2D eigenvalue weighted by atomic mass is 35.5. The Hall–Kier alpha value is -2.44. The van der Waals surface area contributed by atoms with Crippen molar-refractivity contribution in [3.8, 4) is 5.75 Å². The Balaban J connectivity index is 2.00. The number of nitro benzene ring substituents is 1. The lowest BCUT2D eigenvalue weighted by molar-refractivity contribution is -0.385. The van der Waals surface area contributed by atoms with Crippen LogP contribution in [0.2, 0.25) is 0 Å². The summed E-state index contributed by atoms with van der Waals surface area (Å²) in [6.07, 6.45) is 1.59. The highest BCUT2D eigenvalue weighted by molar-refractivity contribution is 7.20. The third-order valence-electron chi connectivity index (χ3n) is 2.99. The van der Waals surface area contributed by atoms with Crippen molar-refractivity contribution in [2.45, 2.75) is 0 Å². The molecule has 1 N–H and O–H groups in total. The van der Waals surface area contributed by atoms with E-state index in [9.17, 15) is 15.2 Å². The van der Waals surface area contributed by atoms with Gasteiger partial charge in [0.05, 0.1) is 20.2 Å². The molecule has 3 rings (SSSR count). The molecule has 0 spiro atoms. The van der Waals surface area contributed by atoms with Crippen molar-refractivity contribution in [1.82, 2.24) is 4.98 Å². The van der Waals surface area contributed by atoms with E-state index in [0.29, 0.717) is 15.6 Å². The highest BCUT2D eigenvalue weighted by Crippen LogP contribution is 2.32. The zero-order chi connectivity index (χ0) is 15.7. The maximum Gasteiger partial charge on any atom is 0.311 e. The summed E-state index contributed by atoms with van der Waals surface area (Å²) in [7, 11) is 0. The lowest BCUT2D eigenvalue weighted by atomic mass is 10.2. The number of nitro groups is 1. The molecule has 22 heavy (non-hydrogen) atoms. The second-order valence-electron chi connectivity index (χ2n) is 4.48. The molecule has 0 atom stereocenters. The van der Waals surface area contributed by atoms with Crippen molar-refractivity contribution in [2.24, 2.45) is 0 Å². The van der Waals surface area contributed by atoms with Crippen molar-refractivity contribution in [1.29, 1.82) is 0 Å². The van der Waals surface area contributed by atoms with E-state index < -0.39 is 4.92 Å². The first-order valence-electron chi connectivity index (χ1n) is 6.25. The van der Waals surface area contributed by atoms with Gasteiger partial charge in [-0.05, 0) is 29.8 Å². The van der Waals surface area contributed by atoms with Crippen LogP contribution in [0.25, 0.3) is 21.3 Å². The van der Waals surface area contributed by atoms with Gasteiger partial charge in [-0.1, -0.05) is 29.8 Å². The first kappa shape index (κ1) is 14.5. The van der Waals surface area contributed by atoms with Crippen molar-refractivity contribution in [2.75, 3.05) is 0 Å². The molecule has 0 bridgehead atoms. The largest absolute Gasteiger partial charge is 0.502 e. The normalized spacial score (nSPS) is 11.8. The molecular formula is C15H9ClN2O3S. The van der Waals surface area contributed by atoms with E-state index in [2.05, 4.69) is 4.98 Å². The van der Waals surface area contributed by atoms with Gasteiger partial charge in [-0.25, -0.2) is 4.98 Å². The zero-order valence-electron chi connectivity index (χ0n) is 11.1. The summed E-state index contributed by atoms with van der Waals surface area (Å²) in [5.74, 6) is -0.377. The molecule has 0 amide bonds. The maximum atomic E-state index is 10.8. The van der Waals surface area contributed by atoms with E-state index in [1.807, 2.05) is 24.3 Å². The number of benzene rings is 2. The summed E-state index contributed by atoms with van der Waals surface area (Å²) in [6, 6.07) is 11.8. The van der Waals surface area contributed by atoms with Crippen LogP contribution in [0.1, 0.15) is 10.6 Å². The van der Waals surface area contributed by atoms with Gasteiger partial charge in [-0.2, -0.15) is 0 Å². The van der Waals surface area contributed by atoms with Crippen LogP contribution in [0.5, 0.6) is 5.75 Å². The molecule has 0 aliphatic carbocycles. The SMILES string of the molecule is O=[N+]([O-])c1cc(/C=C(\Cl)c2nc3ccccc3s2)ccc1O. The number of para-hydroxylation sites is 1. The van der Waals surface area contributed by atoms with Gasteiger partial charge in [0.2, 0.25) is 0 Å². The van der Waals surface area contributed by atoms with Gasteiger partial charge in [0.15, 0.2) is 5.75 Å².